The van der Waals surface area contributed by atoms with Crippen LogP contribution in [0.5, 0.6) is 0 Å². The molecule has 0 radical (unpaired) electrons. The van der Waals surface area contributed by atoms with Crippen LogP contribution in [0.4, 0.5) is 0 Å². The number of hydrogen-bond donors (Lipinski definition) is 0. The van der Waals surface area contributed by atoms with Crippen LogP contribution in [0.1, 0.15) is 17.5 Å². The highest BCUT2D eigenvalue weighted by Gasteiger charge is 2.26. The number of rotatable bonds is 2. The van der Waals surface area contributed by atoms with E-state index in [0.717, 1.165) is 10.9 Å². The fourth-order valence-electron chi connectivity index (χ4n) is 2.40. The quantitative estimate of drug-likeness (QED) is 0.392. The van der Waals surface area contributed by atoms with Gasteiger partial charge in [0.1, 0.15) is 0 Å². The highest BCUT2D eigenvalue weighted by atomic mass is 127. The van der Waals surface area contributed by atoms with E-state index in [1.165, 1.54) is 16.7 Å². The normalized spacial score (nSPS) is 21.6. The van der Waals surface area contributed by atoms with Crippen molar-refractivity contribution in [2.24, 2.45) is 0 Å². The van der Waals surface area contributed by atoms with E-state index in [1.807, 2.05) is 0 Å². The van der Waals surface area contributed by atoms with Gasteiger partial charge in [0.05, 0.1) is 3.42 Å². The molecule has 0 aliphatic heterocycles. The lowest BCUT2D eigenvalue weighted by Crippen LogP contribution is -2.15. The standard InChI is InChI=1S/C18H14BrI/c19-17-8-6-14(7-9-17)15-10-12-18(20,13-11-15)16-4-2-1-3-5-16/h1-12H,13H2. The molecular weight excluding hydrogens is 423 g/mol. The third-order valence-corrected chi connectivity index (χ3v) is 5.53. The predicted molar refractivity (Wildman–Crippen MR) is 98.0 cm³/mol. The molecule has 3 rings (SSSR count). The molecule has 2 aromatic carbocycles. The second kappa shape index (κ2) is 5.86. The number of halogens is 2. The van der Waals surface area contributed by atoms with Gasteiger partial charge in [0.2, 0.25) is 0 Å². The van der Waals surface area contributed by atoms with Gasteiger partial charge in [0.15, 0.2) is 0 Å². The molecule has 2 aromatic rings. The molecule has 0 bridgehead atoms. The van der Waals surface area contributed by atoms with Crippen LogP contribution in [0.2, 0.25) is 0 Å². The SMILES string of the molecule is Brc1ccc(C2=CCC(I)(c3ccccc3)C=C2)cc1. The first kappa shape index (κ1) is 14.1. The zero-order chi connectivity index (χ0) is 14.0. The molecule has 0 saturated carbocycles. The predicted octanol–water partition coefficient (Wildman–Crippen LogP) is 6.12. The number of benzene rings is 2. The van der Waals surface area contributed by atoms with Crippen LogP contribution in [-0.2, 0) is 3.42 Å². The number of alkyl halides is 1. The molecule has 1 aliphatic rings. The van der Waals surface area contributed by atoms with Gasteiger partial charge in [0, 0.05) is 4.47 Å². The minimum Gasteiger partial charge on any atom is -0.0747 e. The molecule has 0 fully saturated rings. The molecule has 1 aliphatic carbocycles. The minimum atomic E-state index is 0.0812. The summed E-state index contributed by atoms with van der Waals surface area (Å²) in [6, 6.07) is 19.2. The average molecular weight is 437 g/mol. The van der Waals surface area contributed by atoms with Gasteiger partial charge in [-0.25, -0.2) is 0 Å². The molecule has 1 unspecified atom stereocenters. The van der Waals surface area contributed by atoms with Gasteiger partial charge >= 0.3 is 0 Å². The molecule has 0 aromatic heterocycles. The van der Waals surface area contributed by atoms with Crippen molar-refractivity contribution in [3.8, 4) is 0 Å². The van der Waals surface area contributed by atoms with Gasteiger partial charge in [0.25, 0.3) is 0 Å². The first-order valence-electron chi connectivity index (χ1n) is 6.57. The summed E-state index contributed by atoms with van der Waals surface area (Å²) in [6.07, 6.45) is 7.93. The molecule has 0 N–H and O–H groups in total. The van der Waals surface area contributed by atoms with Crippen LogP contribution in [0.25, 0.3) is 5.57 Å². The first-order chi connectivity index (χ1) is 9.67. The van der Waals surface area contributed by atoms with E-state index in [1.54, 1.807) is 0 Å². The molecule has 0 nitrogen and oxygen atoms in total. The fraction of sp³-hybridized carbons (Fsp3) is 0.111. The third-order valence-electron chi connectivity index (χ3n) is 3.58. The van der Waals surface area contributed by atoms with Crippen LogP contribution in [0.15, 0.2) is 77.3 Å². The topological polar surface area (TPSA) is 0 Å². The van der Waals surface area contributed by atoms with E-state index in [4.69, 9.17) is 0 Å². The summed E-state index contributed by atoms with van der Waals surface area (Å²) >= 11 is 6.03. The van der Waals surface area contributed by atoms with Gasteiger partial charge in [-0.1, -0.05) is 99.2 Å². The molecule has 0 saturated heterocycles. The lowest BCUT2D eigenvalue weighted by atomic mass is 9.88. The maximum absolute atomic E-state index is 3.48. The summed E-state index contributed by atoms with van der Waals surface area (Å²) in [7, 11) is 0. The fourth-order valence-corrected chi connectivity index (χ4v) is 3.43. The zero-order valence-corrected chi connectivity index (χ0v) is 14.6. The van der Waals surface area contributed by atoms with Crippen molar-refractivity contribution < 1.29 is 0 Å². The molecular formula is C18H14BrI. The van der Waals surface area contributed by atoms with E-state index in [0.29, 0.717) is 0 Å². The zero-order valence-electron chi connectivity index (χ0n) is 10.9. The molecule has 0 amide bonds. The van der Waals surface area contributed by atoms with Crippen molar-refractivity contribution in [1.29, 1.82) is 0 Å². The van der Waals surface area contributed by atoms with E-state index in [2.05, 4.69) is 111 Å². The van der Waals surface area contributed by atoms with E-state index in [-0.39, 0.29) is 3.42 Å². The number of allylic oxidation sites excluding steroid dienone is 4. The van der Waals surface area contributed by atoms with Crippen LogP contribution in [0.3, 0.4) is 0 Å². The second-order valence-corrected chi connectivity index (χ2v) is 7.77. The molecule has 1 atom stereocenters. The highest BCUT2D eigenvalue weighted by Crippen LogP contribution is 2.41. The van der Waals surface area contributed by atoms with Gasteiger partial charge in [-0.2, -0.15) is 0 Å². The van der Waals surface area contributed by atoms with Crippen molar-refractivity contribution >= 4 is 44.1 Å². The Hall–Kier alpha value is -0.870. The van der Waals surface area contributed by atoms with Gasteiger partial charge in [-0.15, -0.1) is 0 Å². The maximum atomic E-state index is 3.48. The Bertz CT molecular complexity index is 656. The van der Waals surface area contributed by atoms with Crippen LogP contribution in [0, 0.1) is 0 Å². The third kappa shape index (κ3) is 2.91. The Labute approximate surface area is 141 Å². The lowest BCUT2D eigenvalue weighted by Gasteiger charge is -2.26. The summed E-state index contributed by atoms with van der Waals surface area (Å²) in [6.45, 7) is 0. The van der Waals surface area contributed by atoms with Crippen molar-refractivity contribution in [2.75, 3.05) is 0 Å². The Morgan fingerprint density at radius 1 is 0.950 bits per heavy atom. The largest absolute Gasteiger partial charge is 0.0747 e. The molecule has 0 heterocycles. The molecule has 0 spiro atoms. The van der Waals surface area contributed by atoms with Crippen molar-refractivity contribution in [3.63, 3.8) is 0 Å². The second-order valence-electron chi connectivity index (χ2n) is 4.93. The smallest absolute Gasteiger partial charge is 0.0687 e. The van der Waals surface area contributed by atoms with E-state index >= 15 is 0 Å². The summed E-state index contributed by atoms with van der Waals surface area (Å²) < 4.78 is 1.20. The van der Waals surface area contributed by atoms with E-state index < -0.39 is 0 Å². The first-order valence-corrected chi connectivity index (χ1v) is 8.44. The highest BCUT2D eigenvalue weighted by molar-refractivity contribution is 14.1. The summed E-state index contributed by atoms with van der Waals surface area (Å²) in [4.78, 5) is 0. The Morgan fingerprint density at radius 2 is 1.65 bits per heavy atom. The van der Waals surface area contributed by atoms with Crippen molar-refractivity contribution in [2.45, 2.75) is 9.84 Å². The molecule has 20 heavy (non-hydrogen) atoms. The van der Waals surface area contributed by atoms with Crippen molar-refractivity contribution in [3.05, 3.63) is 88.4 Å². The maximum Gasteiger partial charge on any atom is 0.0687 e. The van der Waals surface area contributed by atoms with Crippen LogP contribution >= 0.6 is 38.5 Å². The molecule has 2 heteroatoms. The summed E-state index contributed by atoms with van der Waals surface area (Å²) in [5.74, 6) is 0. The average Bonchev–Trinajstić information content (AvgIpc) is 2.50. The van der Waals surface area contributed by atoms with Gasteiger partial charge < -0.3 is 0 Å². The number of hydrogen-bond acceptors (Lipinski definition) is 0. The Balaban J connectivity index is 1.85. The molecule has 100 valence electrons. The minimum absolute atomic E-state index is 0.0812. The van der Waals surface area contributed by atoms with Gasteiger partial charge in [-0.3, -0.25) is 0 Å². The van der Waals surface area contributed by atoms with Crippen LogP contribution < -0.4 is 0 Å². The van der Waals surface area contributed by atoms with Crippen LogP contribution in [-0.4, -0.2) is 0 Å². The van der Waals surface area contributed by atoms with Crippen molar-refractivity contribution in [1.82, 2.24) is 0 Å². The monoisotopic (exact) mass is 436 g/mol. The Morgan fingerprint density at radius 3 is 2.25 bits per heavy atom. The summed E-state index contributed by atoms with van der Waals surface area (Å²) in [5, 5.41) is 0. The van der Waals surface area contributed by atoms with Gasteiger partial charge in [-0.05, 0) is 35.3 Å². The summed E-state index contributed by atoms with van der Waals surface area (Å²) in [5.41, 5.74) is 3.94. The lowest BCUT2D eigenvalue weighted by molar-refractivity contribution is 0.821. The Kier molecular flexibility index (Phi) is 4.13. The van der Waals surface area contributed by atoms with E-state index in [9.17, 15) is 0 Å².